The van der Waals surface area contributed by atoms with E-state index >= 15 is 0 Å². The van der Waals surface area contributed by atoms with Gasteiger partial charge in [-0.05, 0) is 0 Å². The van der Waals surface area contributed by atoms with Crippen LogP contribution in [0.1, 0.15) is 4.88 Å². The zero-order valence-electron chi connectivity index (χ0n) is 8.04. The number of β-amino-alcohol motifs (C(OH)–C–C–N with tert-alkyl or cyclic N) is 2. The molecule has 4 N–H and O–H groups in total. The molecule has 1 aliphatic heterocycles. The second kappa shape index (κ2) is 5.09. The normalized spacial score (nSPS) is 26.5. The SMILES string of the molecule is Cl.Nc1ncc(CN2CC(O)C(O)C2)s1. The molecule has 7 heteroatoms. The van der Waals surface area contributed by atoms with Gasteiger partial charge in [-0.1, -0.05) is 0 Å². The van der Waals surface area contributed by atoms with Gasteiger partial charge in [0, 0.05) is 30.7 Å². The van der Waals surface area contributed by atoms with Crippen LogP contribution in [0.5, 0.6) is 0 Å². The highest BCUT2D eigenvalue weighted by Crippen LogP contribution is 2.19. The minimum Gasteiger partial charge on any atom is -0.389 e. The van der Waals surface area contributed by atoms with E-state index in [1.807, 2.05) is 4.90 Å². The van der Waals surface area contributed by atoms with E-state index in [-0.39, 0.29) is 12.4 Å². The summed E-state index contributed by atoms with van der Waals surface area (Å²) in [5.74, 6) is 0. The Kier molecular flexibility index (Phi) is 4.30. The molecule has 0 aromatic carbocycles. The molecule has 86 valence electrons. The predicted octanol–water partition coefficient (Wildman–Crippen LogP) is -0.316. The maximum absolute atomic E-state index is 9.32. The minimum atomic E-state index is -0.625. The molecule has 1 aromatic rings. The van der Waals surface area contributed by atoms with Crippen LogP contribution in [0, 0.1) is 0 Å². The fraction of sp³-hybridized carbons (Fsp3) is 0.625. The molecule has 1 saturated heterocycles. The topological polar surface area (TPSA) is 82.6 Å². The molecular formula is C8H14ClN3O2S. The van der Waals surface area contributed by atoms with Crippen molar-refractivity contribution in [3.8, 4) is 0 Å². The zero-order chi connectivity index (χ0) is 10.1. The molecule has 0 saturated carbocycles. The summed E-state index contributed by atoms with van der Waals surface area (Å²) in [5.41, 5.74) is 5.50. The van der Waals surface area contributed by atoms with Gasteiger partial charge in [-0.3, -0.25) is 4.90 Å². The van der Waals surface area contributed by atoms with E-state index in [9.17, 15) is 10.2 Å². The molecule has 15 heavy (non-hydrogen) atoms. The summed E-state index contributed by atoms with van der Waals surface area (Å²) in [7, 11) is 0. The van der Waals surface area contributed by atoms with Crippen LogP contribution in [0.3, 0.4) is 0 Å². The summed E-state index contributed by atoms with van der Waals surface area (Å²) >= 11 is 1.44. The fourth-order valence-corrected chi connectivity index (χ4v) is 2.32. The Bertz CT molecular complexity index is 313. The largest absolute Gasteiger partial charge is 0.389 e. The van der Waals surface area contributed by atoms with Crippen molar-refractivity contribution in [1.29, 1.82) is 0 Å². The Balaban J connectivity index is 0.00000112. The van der Waals surface area contributed by atoms with Crippen LogP contribution < -0.4 is 5.73 Å². The van der Waals surface area contributed by atoms with Crippen molar-refractivity contribution in [1.82, 2.24) is 9.88 Å². The molecule has 0 aliphatic carbocycles. The smallest absolute Gasteiger partial charge is 0.180 e. The van der Waals surface area contributed by atoms with Crippen molar-refractivity contribution < 1.29 is 10.2 Å². The monoisotopic (exact) mass is 251 g/mol. The number of anilines is 1. The van der Waals surface area contributed by atoms with Gasteiger partial charge in [-0.15, -0.1) is 23.7 Å². The number of hydrogen-bond acceptors (Lipinski definition) is 6. The highest BCUT2D eigenvalue weighted by Gasteiger charge is 2.29. The van der Waals surface area contributed by atoms with E-state index in [0.717, 1.165) is 4.88 Å². The predicted molar refractivity (Wildman–Crippen MR) is 61.1 cm³/mol. The fourth-order valence-electron chi connectivity index (χ4n) is 1.59. The average molecular weight is 252 g/mol. The van der Waals surface area contributed by atoms with Crippen LogP contribution in [0.2, 0.25) is 0 Å². The Hall–Kier alpha value is -0.400. The molecule has 1 fully saturated rings. The van der Waals surface area contributed by atoms with Crippen molar-refractivity contribution in [2.24, 2.45) is 0 Å². The van der Waals surface area contributed by atoms with Gasteiger partial charge in [0.1, 0.15) is 0 Å². The number of aromatic nitrogens is 1. The van der Waals surface area contributed by atoms with Crippen molar-refractivity contribution in [2.45, 2.75) is 18.8 Å². The summed E-state index contributed by atoms with van der Waals surface area (Å²) in [5, 5.41) is 19.2. The molecule has 0 radical (unpaired) electrons. The van der Waals surface area contributed by atoms with Gasteiger partial charge in [-0.25, -0.2) is 4.98 Å². The van der Waals surface area contributed by atoms with Crippen LogP contribution in [-0.4, -0.2) is 45.4 Å². The van der Waals surface area contributed by atoms with Crippen LogP contribution in [0.25, 0.3) is 0 Å². The summed E-state index contributed by atoms with van der Waals surface area (Å²) in [4.78, 5) is 6.99. The molecule has 2 heterocycles. The van der Waals surface area contributed by atoms with Crippen molar-refractivity contribution >= 4 is 28.9 Å². The zero-order valence-corrected chi connectivity index (χ0v) is 9.67. The number of likely N-dealkylation sites (tertiary alicyclic amines) is 1. The van der Waals surface area contributed by atoms with Crippen LogP contribution in [0.4, 0.5) is 5.13 Å². The van der Waals surface area contributed by atoms with Crippen molar-refractivity contribution in [3.63, 3.8) is 0 Å². The van der Waals surface area contributed by atoms with Gasteiger partial charge in [0.15, 0.2) is 5.13 Å². The van der Waals surface area contributed by atoms with E-state index in [2.05, 4.69) is 4.98 Å². The number of aliphatic hydroxyl groups is 2. The molecule has 0 bridgehead atoms. The molecule has 2 rings (SSSR count). The van der Waals surface area contributed by atoms with E-state index in [4.69, 9.17) is 5.73 Å². The Labute approximate surface area is 98.0 Å². The third kappa shape index (κ3) is 3.02. The van der Waals surface area contributed by atoms with E-state index in [0.29, 0.717) is 24.8 Å². The summed E-state index contributed by atoms with van der Waals surface area (Å²) in [6.45, 7) is 1.72. The maximum atomic E-state index is 9.32. The van der Waals surface area contributed by atoms with E-state index in [1.165, 1.54) is 11.3 Å². The lowest BCUT2D eigenvalue weighted by Crippen LogP contribution is -2.22. The number of halogens is 1. The van der Waals surface area contributed by atoms with E-state index < -0.39 is 12.2 Å². The third-order valence-corrected chi connectivity index (χ3v) is 3.10. The molecular weight excluding hydrogens is 238 g/mol. The molecule has 2 unspecified atom stereocenters. The van der Waals surface area contributed by atoms with Gasteiger partial charge >= 0.3 is 0 Å². The summed E-state index contributed by atoms with van der Waals surface area (Å²) in [6.07, 6.45) is 0.484. The van der Waals surface area contributed by atoms with Gasteiger partial charge in [0.05, 0.1) is 12.2 Å². The first-order valence-corrected chi connectivity index (χ1v) is 5.25. The van der Waals surface area contributed by atoms with E-state index in [1.54, 1.807) is 6.20 Å². The Morgan fingerprint density at radius 1 is 1.47 bits per heavy atom. The number of rotatable bonds is 2. The number of nitrogen functional groups attached to an aromatic ring is 1. The number of nitrogens with zero attached hydrogens (tertiary/aromatic N) is 2. The van der Waals surface area contributed by atoms with Gasteiger partial charge in [0.25, 0.3) is 0 Å². The van der Waals surface area contributed by atoms with Crippen molar-refractivity contribution in [3.05, 3.63) is 11.1 Å². The van der Waals surface area contributed by atoms with Gasteiger partial charge < -0.3 is 15.9 Å². The molecule has 2 atom stereocenters. The molecule has 0 amide bonds. The first-order valence-electron chi connectivity index (χ1n) is 4.44. The molecule has 5 nitrogen and oxygen atoms in total. The number of aliphatic hydroxyl groups excluding tert-OH is 2. The second-order valence-electron chi connectivity index (χ2n) is 3.49. The van der Waals surface area contributed by atoms with Crippen LogP contribution in [0.15, 0.2) is 6.20 Å². The summed E-state index contributed by atoms with van der Waals surface area (Å²) < 4.78 is 0. The second-order valence-corrected chi connectivity index (χ2v) is 4.64. The Morgan fingerprint density at radius 3 is 2.53 bits per heavy atom. The lowest BCUT2D eigenvalue weighted by molar-refractivity contribution is 0.0572. The highest BCUT2D eigenvalue weighted by atomic mass is 35.5. The maximum Gasteiger partial charge on any atom is 0.180 e. The van der Waals surface area contributed by atoms with Gasteiger partial charge in [0.2, 0.25) is 0 Å². The number of hydrogen-bond donors (Lipinski definition) is 3. The number of thiazole rings is 1. The van der Waals surface area contributed by atoms with Crippen LogP contribution >= 0.6 is 23.7 Å². The van der Waals surface area contributed by atoms with Crippen LogP contribution in [-0.2, 0) is 6.54 Å². The molecule has 1 aliphatic rings. The number of nitrogens with two attached hydrogens (primary N) is 1. The quantitative estimate of drug-likeness (QED) is 0.671. The summed E-state index contributed by atoms with van der Waals surface area (Å²) in [6, 6.07) is 0. The molecule has 0 spiro atoms. The lowest BCUT2D eigenvalue weighted by Gasteiger charge is -2.12. The third-order valence-electron chi connectivity index (χ3n) is 2.29. The minimum absolute atomic E-state index is 0. The first kappa shape index (κ1) is 12.7. The lowest BCUT2D eigenvalue weighted by atomic mass is 10.3. The average Bonchev–Trinajstić information content (AvgIpc) is 2.62. The van der Waals surface area contributed by atoms with Crippen molar-refractivity contribution in [2.75, 3.05) is 18.8 Å². The standard InChI is InChI=1S/C8H13N3O2S.ClH/c9-8-10-1-5(14-8)2-11-3-6(12)7(13)4-11;/h1,6-7,12-13H,2-4H2,(H2,9,10);1H. The van der Waals surface area contributed by atoms with Gasteiger partial charge in [-0.2, -0.15) is 0 Å². The molecule has 1 aromatic heterocycles. The first-order chi connectivity index (χ1) is 6.65. The highest BCUT2D eigenvalue weighted by molar-refractivity contribution is 7.15. The Morgan fingerprint density at radius 2 is 2.07 bits per heavy atom.